The fraction of sp³-hybridized carbons (Fsp3) is 0.538. The van der Waals surface area contributed by atoms with Crippen LogP contribution in [0.15, 0.2) is 27.1 Å². The zero-order chi connectivity index (χ0) is 11.7. The molecule has 1 N–H and O–H groups in total. The summed E-state index contributed by atoms with van der Waals surface area (Å²) < 4.78 is 2.29. The van der Waals surface area contributed by atoms with Crippen molar-refractivity contribution in [2.45, 2.75) is 26.3 Å². The number of halogens is 2. The highest BCUT2D eigenvalue weighted by Gasteiger charge is 2.32. The van der Waals surface area contributed by atoms with E-state index in [0.29, 0.717) is 6.04 Å². The van der Waals surface area contributed by atoms with Gasteiger partial charge in [-0.3, -0.25) is 0 Å². The van der Waals surface area contributed by atoms with Gasteiger partial charge in [0.2, 0.25) is 0 Å². The number of benzene rings is 1. The fourth-order valence-corrected chi connectivity index (χ4v) is 3.36. The van der Waals surface area contributed by atoms with Gasteiger partial charge in [-0.15, -0.1) is 0 Å². The van der Waals surface area contributed by atoms with Crippen LogP contribution >= 0.6 is 31.9 Å². The van der Waals surface area contributed by atoms with Gasteiger partial charge in [0.15, 0.2) is 0 Å². The van der Waals surface area contributed by atoms with Gasteiger partial charge in [-0.2, -0.15) is 0 Å². The molecule has 88 valence electrons. The van der Waals surface area contributed by atoms with E-state index in [2.05, 4.69) is 69.2 Å². The average Bonchev–Trinajstić information content (AvgIpc) is 2.91. The largest absolute Gasteiger partial charge is 0.310 e. The zero-order valence-corrected chi connectivity index (χ0v) is 12.8. The molecule has 1 nitrogen and oxygen atoms in total. The second-order valence-electron chi connectivity index (χ2n) is 4.77. The van der Waals surface area contributed by atoms with Crippen LogP contribution in [0.1, 0.15) is 31.9 Å². The van der Waals surface area contributed by atoms with E-state index in [1.807, 2.05) is 0 Å². The molecule has 3 atom stereocenters. The molecule has 0 amide bonds. The smallest absolute Gasteiger partial charge is 0.0303 e. The molecule has 1 aliphatic rings. The Labute approximate surface area is 114 Å². The van der Waals surface area contributed by atoms with E-state index in [1.54, 1.807) is 0 Å². The lowest BCUT2D eigenvalue weighted by Gasteiger charge is -2.16. The molecule has 1 aliphatic carbocycles. The van der Waals surface area contributed by atoms with E-state index in [0.717, 1.165) is 22.9 Å². The summed E-state index contributed by atoms with van der Waals surface area (Å²) in [5.41, 5.74) is 1.33. The molecule has 3 unspecified atom stereocenters. The van der Waals surface area contributed by atoms with Crippen molar-refractivity contribution in [3.8, 4) is 0 Å². The number of hydrogen-bond acceptors (Lipinski definition) is 1. The Hall–Kier alpha value is 0.140. The minimum Gasteiger partial charge on any atom is -0.310 e. The Kier molecular flexibility index (Phi) is 4.09. The van der Waals surface area contributed by atoms with Crippen LogP contribution < -0.4 is 5.32 Å². The molecule has 1 aromatic carbocycles. The van der Waals surface area contributed by atoms with Crippen LogP contribution in [0.3, 0.4) is 0 Å². The molecule has 0 spiro atoms. The lowest BCUT2D eigenvalue weighted by Crippen LogP contribution is -2.21. The quantitative estimate of drug-likeness (QED) is 0.845. The highest BCUT2D eigenvalue weighted by Crippen LogP contribution is 2.37. The molecule has 3 heteroatoms. The van der Waals surface area contributed by atoms with Crippen LogP contribution in [0, 0.1) is 11.8 Å². The van der Waals surface area contributed by atoms with Gasteiger partial charge >= 0.3 is 0 Å². The highest BCUT2D eigenvalue weighted by molar-refractivity contribution is 9.11. The molecule has 0 saturated heterocycles. The first-order chi connectivity index (χ1) is 7.58. The second kappa shape index (κ2) is 5.19. The Morgan fingerprint density at radius 3 is 2.69 bits per heavy atom. The molecule has 1 aromatic rings. The third kappa shape index (κ3) is 3.08. The third-order valence-electron chi connectivity index (χ3n) is 3.39. The molecular weight excluding hydrogens is 330 g/mol. The maximum atomic E-state index is 3.61. The molecule has 0 aliphatic heterocycles. The summed E-state index contributed by atoms with van der Waals surface area (Å²) >= 11 is 7.09. The maximum Gasteiger partial charge on any atom is 0.0303 e. The molecule has 16 heavy (non-hydrogen) atoms. The zero-order valence-electron chi connectivity index (χ0n) is 9.63. The van der Waals surface area contributed by atoms with Crippen LogP contribution in [0.5, 0.6) is 0 Å². The van der Waals surface area contributed by atoms with E-state index in [-0.39, 0.29) is 0 Å². The summed E-state index contributed by atoms with van der Waals surface area (Å²) in [4.78, 5) is 0. The maximum absolute atomic E-state index is 3.61. The van der Waals surface area contributed by atoms with Gasteiger partial charge in [0.25, 0.3) is 0 Å². The normalized spacial score (nSPS) is 25.5. The summed E-state index contributed by atoms with van der Waals surface area (Å²) in [5.74, 6) is 1.82. The Morgan fingerprint density at radius 2 is 2.12 bits per heavy atom. The summed E-state index contributed by atoms with van der Waals surface area (Å²) in [6.45, 7) is 5.69. The summed E-state index contributed by atoms with van der Waals surface area (Å²) in [7, 11) is 0. The Bertz CT molecular complexity index is 378. The van der Waals surface area contributed by atoms with Crippen LogP contribution in [0.4, 0.5) is 0 Å². The number of hydrogen-bond donors (Lipinski definition) is 1. The van der Waals surface area contributed by atoms with Crippen LogP contribution in [0.2, 0.25) is 0 Å². The molecule has 0 heterocycles. The van der Waals surface area contributed by atoms with Crippen molar-refractivity contribution in [2.75, 3.05) is 6.54 Å². The Balaban J connectivity index is 1.94. The van der Waals surface area contributed by atoms with Crippen molar-refractivity contribution in [2.24, 2.45) is 11.8 Å². The first-order valence-corrected chi connectivity index (χ1v) is 7.35. The predicted octanol–water partition coefficient (Wildman–Crippen LogP) is 4.52. The summed E-state index contributed by atoms with van der Waals surface area (Å²) in [5, 5.41) is 3.61. The standard InChI is InChI=1S/C13H17Br2N/c1-8-5-10(8)7-16-9(2)12-4-3-11(14)6-13(12)15/h3-4,6,8-10,16H,5,7H2,1-2H3. The lowest BCUT2D eigenvalue weighted by molar-refractivity contribution is 0.534. The fourth-order valence-electron chi connectivity index (χ4n) is 1.97. The van der Waals surface area contributed by atoms with Gasteiger partial charge in [0.05, 0.1) is 0 Å². The Morgan fingerprint density at radius 1 is 1.44 bits per heavy atom. The first kappa shape index (κ1) is 12.6. The number of nitrogens with one attached hydrogen (secondary N) is 1. The molecular formula is C13H17Br2N. The lowest BCUT2D eigenvalue weighted by atomic mass is 10.1. The monoisotopic (exact) mass is 345 g/mol. The third-order valence-corrected chi connectivity index (χ3v) is 4.57. The molecule has 2 rings (SSSR count). The minimum atomic E-state index is 0.412. The van der Waals surface area contributed by atoms with Crippen LogP contribution in [-0.2, 0) is 0 Å². The van der Waals surface area contributed by atoms with Crippen LogP contribution in [-0.4, -0.2) is 6.54 Å². The predicted molar refractivity (Wildman–Crippen MR) is 75.5 cm³/mol. The minimum absolute atomic E-state index is 0.412. The highest BCUT2D eigenvalue weighted by atomic mass is 79.9. The van der Waals surface area contributed by atoms with Crippen molar-refractivity contribution in [1.82, 2.24) is 5.32 Å². The topological polar surface area (TPSA) is 12.0 Å². The van der Waals surface area contributed by atoms with Crippen molar-refractivity contribution >= 4 is 31.9 Å². The van der Waals surface area contributed by atoms with E-state index in [1.165, 1.54) is 16.5 Å². The summed E-state index contributed by atoms with van der Waals surface area (Å²) in [6.07, 6.45) is 1.39. The SMILES string of the molecule is CC(NCC1CC1C)c1ccc(Br)cc1Br. The van der Waals surface area contributed by atoms with Gasteiger partial charge in [-0.05, 0) is 49.4 Å². The van der Waals surface area contributed by atoms with Gasteiger partial charge in [0, 0.05) is 15.0 Å². The van der Waals surface area contributed by atoms with Crippen molar-refractivity contribution in [1.29, 1.82) is 0 Å². The van der Waals surface area contributed by atoms with E-state index in [4.69, 9.17) is 0 Å². The number of rotatable bonds is 4. The molecule has 0 aromatic heterocycles. The van der Waals surface area contributed by atoms with Gasteiger partial charge < -0.3 is 5.32 Å². The van der Waals surface area contributed by atoms with Crippen molar-refractivity contribution < 1.29 is 0 Å². The van der Waals surface area contributed by atoms with Gasteiger partial charge in [-0.25, -0.2) is 0 Å². The molecule has 0 bridgehead atoms. The van der Waals surface area contributed by atoms with Gasteiger partial charge in [-0.1, -0.05) is 44.8 Å². The molecule has 1 saturated carbocycles. The first-order valence-electron chi connectivity index (χ1n) is 5.76. The van der Waals surface area contributed by atoms with E-state index >= 15 is 0 Å². The van der Waals surface area contributed by atoms with Gasteiger partial charge in [0.1, 0.15) is 0 Å². The van der Waals surface area contributed by atoms with E-state index in [9.17, 15) is 0 Å². The molecule has 0 radical (unpaired) electrons. The van der Waals surface area contributed by atoms with Crippen molar-refractivity contribution in [3.05, 3.63) is 32.7 Å². The summed E-state index contributed by atoms with van der Waals surface area (Å²) in [6, 6.07) is 6.78. The second-order valence-corrected chi connectivity index (χ2v) is 6.54. The van der Waals surface area contributed by atoms with Crippen molar-refractivity contribution in [3.63, 3.8) is 0 Å². The van der Waals surface area contributed by atoms with E-state index < -0.39 is 0 Å². The average molecular weight is 347 g/mol. The van der Waals surface area contributed by atoms with Crippen LogP contribution in [0.25, 0.3) is 0 Å². The molecule has 1 fully saturated rings.